The molecule has 33 heavy (non-hydrogen) atoms. The Morgan fingerprint density at radius 1 is 1.15 bits per heavy atom. The van der Waals surface area contributed by atoms with Gasteiger partial charge in [0.2, 0.25) is 21.8 Å². The van der Waals surface area contributed by atoms with Crippen molar-refractivity contribution in [3.8, 4) is 0 Å². The molecule has 2 fully saturated rings. The van der Waals surface area contributed by atoms with E-state index in [1.165, 1.54) is 11.0 Å². The maximum atomic E-state index is 13.0. The van der Waals surface area contributed by atoms with Crippen LogP contribution in [0.25, 0.3) is 10.8 Å². The van der Waals surface area contributed by atoms with E-state index in [0.29, 0.717) is 24.4 Å². The van der Waals surface area contributed by atoms with Crippen LogP contribution in [0.2, 0.25) is 5.02 Å². The van der Waals surface area contributed by atoms with Crippen LogP contribution in [0.1, 0.15) is 19.3 Å². The number of carbonyl (C=O) groups excluding carboxylic acids is 2. The Balaban J connectivity index is 1.43. The number of fused-ring (bicyclic) bond motifs is 1. The Bertz CT molecular complexity index is 1170. The fourth-order valence-electron chi connectivity index (χ4n) is 4.53. The summed E-state index contributed by atoms with van der Waals surface area (Å²) >= 11 is 6.00. The fourth-order valence-corrected chi connectivity index (χ4v) is 5.97. The van der Waals surface area contributed by atoms with Gasteiger partial charge in [0.25, 0.3) is 0 Å². The Morgan fingerprint density at radius 2 is 1.88 bits per heavy atom. The number of benzene rings is 2. The zero-order valence-corrected chi connectivity index (χ0v) is 20.4. The van der Waals surface area contributed by atoms with E-state index in [-0.39, 0.29) is 29.3 Å². The summed E-state index contributed by atoms with van der Waals surface area (Å²) in [4.78, 5) is 31.2. The number of amides is 2. The van der Waals surface area contributed by atoms with Crippen LogP contribution in [0.3, 0.4) is 0 Å². The molecule has 2 saturated heterocycles. The Hall–Kier alpha value is -2.20. The van der Waals surface area contributed by atoms with E-state index in [4.69, 9.17) is 11.6 Å². The minimum Gasteiger partial charge on any atom is -0.340 e. The molecule has 2 atom stereocenters. The molecule has 0 saturated carbocycles. The molecule has 2 aromatic carbocycles. The zero-order chi connectivity index (χ0) is 23.8. The van der Waals surface area contributed by atoms with Crippen LogP contribution in [0.4, 0.5) is 0 Å². The van der Waals surface area contributed by atoms with Gasteiger partial charge >= 0.3 is 0 Å². The van der Waals surface area contributed by atoms with Crippen LogP contribution in [0, 0.1) is 0 Å². The molecule has 2 aliphatic rings. The maximum absolute atomic E-state index is 13.0. The molecule has 0 spiro atoms. The average Bonchev–Trinajstić information content (AvgIpc) is 3.21. The van der Waals surface area contributed by atoms with Gasteiger partial charge in [0.15, 0.2) is 0 Å². The van der Waals surface area contributed by atoms with Crippen molar-refractivity contribution in [1.82, 2.24) is 19.4 Å². The Kier molecular flexibility index (Phi) is 6.95. The number of piperidine rings is 1. The summed E-state index contributed by atoms with van der Waals surface area (Å²) in [6.45, 7) is 2.16. The highest BCUT2D eigenvalue weighted by Crippen LogP contribution is 2.23. The SMILES string of the molecule is CN1CCC(N(C)C(=O)CN2CCC[C@H](NS(=O)(=O)c3ccc4cc(Cl)ccc4c3)C2=O)C1. The minimum absolute atomic E-state index is 0.0372. The fraction of sp³-hybridized carbons (Fsp3) is 0.478. The lowest BCUT2D eigenvalue weighted by atomic mass is 10.1. The highest BCUT2D eigenvalue weighted by Gasteiger charge is 2.35. The van der Waals surface area contributed by atoms with Crippen LogP contribution in [-0.4, -0.2) is 87.3 Å². The second-order valence-electron chi connectivity index (χ2n) is 8.94. The molecule has 2 amide bonds. The van der Waals surface area contributed by atoms with Gasteiger partial charge in [-0.15, -0.1) is 0 Å². The molecule has 0 bridgehead atoms. The number of nitrogens with zero attached hydrogens (tertiary/aromatic N) is 3. The van der Waals surface area contributed by atoms with Crippen LogP contribution < -0.4 is 4.72 Å². The smallest absolute Gasteiger partial charge is 0.242 e. The largest absolute Gasteiger partial charge is 0.340 e. The maximum Gasteiger partial charge on any atom is 0.242 e. The highest BCUT2D eigenvalue weighted by molar-refractivity contribution is 7.89. The molecule has 2 aromatic rings. The molecular formula is C23H29ClN4O4S. The number of nitrogens with one attached hydrogen (secondary N) is 1. The first-order valence-corrected chi connectivity index (χ1v) is 12.9. The van der Waals surface area contributed by atoms with Crippen molar-refractivity contribution in [3.05, 3.63) is 41.4 Å². The molecule has 8 nitrogen and oxygen atoms in total. The second-order valence-corrected chi connectivity index (χ2v) is 11.1. The van der Waals surface area contributed by atoms with Crippen LogP contribution >= 0.6 is 11.6 Å². The molecule has 1 N–H and O–H groups in total. The van der Waals surface area contributed by atoms with Gasteiger partial charge in [0, 0.05) is 31.2 Å². The van der Waals surface area contributed by atoms with Crippen molar-refractivity contribution >= 4 is 44.2 Å². The van der Waals surface area contributed by atoms with Crippen molar-refractivity contribution < 1.29 is 18.0 Å². The Morgan fingerprint density at radius 3 is 2.61 bits per heavy atom. The van der Waals surface area contributed by atoms with Gasteiger partial charge in [-0.2, -0.15) is 4.72 Å². The number of carbonyl (C=O) groups is 2. The van der Waals surface area contributed by atoms with E-state index in [1.807, 2.05) is 7.05 Å². The summed E-state index contributed by atoms with van der Waals surface area (Å²) in [5, 5.41) is 2.15. The molecule has 0 aliphatic carbocycles. The number of rotatable bonds is 6. The molecule has 0 aromatic heterocycles. The molecule has 1 unspecified atom stereocenters. The summed E-state index contributed by atoms with van der Waals surface area (Å²) in [5.74, 6) is -0.483. The van der Waals surface area contributed by atoms with Crippen molar-refractivity contribution in [2.24, 2.45) is 0 Å². The van der Waals surface area contributed by atoms with Crippen molar-refractivity contribution in [3.63, 3.8) is 0 Å². The number of halogens is 1. The molecule has 10 heteroatoms. The normalized spacial score (nSPS) is 22.2. The van der Waals surface area contributed by atoms with E-state index in [0.717, 1.165) is 30.3 Å². The van der Waals surface area contributed by atoms with E-state index < -0.39 is 16.1 Å². The Labute approximate surface area is 199 Å². The summed E-state index contributed by atoms with van der Waals surface area (Å²) in [6.07, 6.45) is 1.93. The van der Waals surface area contributed by atoms with Gasteiger partial charge < -0.3 is 14.7 Å². The number of sulfonamides is 1. The first-order chi connectivity index (χ1) is 15.6. The van der Waals surface area contributed by atoms with E-state index >= 15 is 0 Å². The number of hydrogen-bond donors (Lipinski definition) is 1. The van der Waals surface area contributed by atoms with Crippen molar-refractivity contribution in [1.29, 1.82) is 0 Å². The third-order valence-electron chi connectivity index (χ3n) is 6.55. The average molecular weight is 493 g/mol. The molecule has 0 radical (unpaired) electrons. The molecule has 2 heterocycles. The number of likely N-dealkylation sites (N-methyl/N-ethyl adjacent to an activating group) is 2. The third-order valence-corrected chi connectivity index (χ3v) is 8.25. The zero-order valence-electron chi connectivity index (χ0n) is 18.8. The van der Waals surface area contributed by atoms with Crippen molar-refractivity contribution in [2.75, 3.05) is 40.3 Å². The molecular weight excluding hydrogens is 464 g/mol. The molecule has 178 valence electrons. The predicted octanol–water partition coefficient (Wildman–Crippen LogP) is 1.92. The highest BCUT2D eigenvalue weighted by atomic mass is 35.5. The monoisotopic (exact) mass is 492 g/mol. The van der Waals surface area contributed by atoms with E-state index in [9.17, 15) is 18.0 Å². The predicted molar refractivity (Wildman–Crippen MR) is 128 cm³/mol. The van der Waals surface area contributed by atoms with E-state index in [1.54, 1.807) is 42.3 Å². The first kappa shape index (κ1) is 23.9. The van der Waals surface area contributed by atoms with Crippen LogP contribution in [0.5, 0.6) is 0 Å². The lowest BCUT2D eigenvalue weighted by Gasteiger charge is -2.34. The lowest BCUT2D eigenvalue weighted by molar-refractivity contribution is -0.143. The third kappa shape index (κ3) is 5.32. The van der Waals surface area contributed by atoms with Gasteiger partial charge in [-0.3, -0.25) is 9.59 Å². The lowest BCUT2D eigenvalue weighted by Crippen LogP contribution is -2.55. The summed E-state index contributed by atoms with van der Waals surface area (Å²) in [7, 11) is -0.120. The summed E-state index contributed by atoms with van der Waals surface area (Å²) < 4.78 is 28.6. The number of hydrogen-bond acceptors (Lipinski definition) is 5. The van der Waals surface area contributed by atoms with Gasteiger partial charge in [0.05, 0.1) is 11.4 Å². The van der Waals surface area contributed by atoms with Gasteiger partial charge in [-0.25, -0.2) is 8.42 Å². The minimum atomic E-state index is -3.91. The number of likely N-dealkylation sites (tertiary alicyclic amines) is 2. The van der Waals surface area contributed by atoms with E-state index in [2.05, 4.69) is 9.62 Å². The van der Waals surface area contributed by atoms with Crippen molar-refractivity contribution in [2.45, 2.75) is 36.2 Å². The summed E-state index contributed by atoms with van der Waals surface area (Å²) in [5.41, 5.74) is 0. The van der Waals surface area contributed by atoms with Crippen LogP contribution in [-0.2, 0) is 19.6 Å². The topological polar surface area (TPSA) is 90.0 Å². The molecule has 2 aliphatic heterocycles. The van der Waals surface area contributed by atoms with Crippen LogP contribution in [0.15, 0.2) is 41.3 Å². The second kappa shape index (κ2) is 9.58. The quantitative estimate of drug-likeness (QED) is 0.665. The standard InChI is InChI=1S/C23H29ClN4O4S/c1-26-11-9-19(14-26)27(2)22(29)15-28-10-3-4-21(23(28)30)25-33(31,32)20-8-6-16-12-18(24)7-5-17(16)13-20/h5-8,12-13,19,21,25H,3-4,9-11,14-15H2,1-2H3/t19?,21-/m0/s1. The van der Waals surface area contributed by atoms with Gasteiger partial charge in [-0.05, 0) is 67.9 Å². The molecule has 4 rings (SSSR count). The van der Waals surface area contributed by atoms with Gasteiger partial charge in [0.1, 0.15) is 6.04 Å². The van der Waals surface area contributed by atoms with Gasteiger partial charge in [-0.1, -0.05) is 23.7 Å². The first-order valence-electron chi connectivity index (χ1n) is 11.1. The summed E-state index contributed by atoms with van der Waals surface area (Å²) in [6, 6.07) is 9.24.